The van der Waals surface area contributed by atoms with Crippen molar-refractivity contribution in [2.24, 2.45) is 0 Å². The number of aromatic nitrogens is 2. The first kappa shape index (κ1) is 10.7. The van der Waals surface area contributed by atoms with E-state index >= 15 is 0 Å². The van der Waals surface area contributed by atoms with Crippen LogP contribution >= 0.6 is 0 Å². The smallest absolute Gasteiger partial charge is 0.122 e. The largest absolute Gasteiger partial charge is 0.384 e. The Hall–Kier alpha value is -1.77. The molecule has 0 saturated heterocycles. The maximum Gasteiger partial charge on any atom is 0.122 e. The van der Waals surface area contributed by atoms with Gasteiger partial charge in [-0.3, -0.25) is 0 Å². The van der Waals surface area contributed by atoms with Gasteiger partial charge >= 0.3 is 0 Å². The number of benzene rings is 1. The second-order valence-electron chi connectivity index (χ2n) is 3.99. The lowest BCUT2D eigenvalue weighted by Crippen LogP contribution is -2.13. The van der Waals surface area contributed by atoms with Crippen LogP contribution in [0.4, 0.5) is 5.82 Å². The molecule has 16 heavy (non-hydrogen) atoms. The lowest BCUT2D eigenvalue weighted by atomic mass is 10.1. The Morgan fingerprint density at radius 3 is 2.50 bits per heavy atom. The van der Waals surface area contributed by atoms with Gasteiger partial charge in [-0.1, -0.05) is 37.3 Å². The zero-order valence-corrected chi connectivity index (χ0v) is 9.72. The highest BCUT2D eigenvalue weighted by atomic mass is 15.3. The van der Waals surface area contributed by atoms with E-state index < -0.39 is 0 Å². The summed E-state index contributed by atoms with van der Waals surface area (Å²) in [5.41, 5.74) is 8.17. The standard InChI is InChI=1S/C13H17N3/c1-3-12(11-7-5-4-6-8-11)16-13(14)9-10(2)15-16/h4-9,12H,3,14H2,1-2H3. The Morgan fingerprint density at radius 1 is 1.31 bits per heavy atom. The van der Waals surface area contributed by atoms with E-state index in [4.69, 9.17) is 5.73 Å². The van der Waals surface area contributed by atoms with Crippen LogP contribution in [-0.4, -0.2) is 9.78 Å². The van der Waals surface area contributed by atoms with Gasteiger partial charge in [0.1, 0.15) is 5.82 Å². The van der Waals surface area contributed by atoms with Crippen molar-refractivity contribution in [3.8, 4) is 0 Å². The fraction of sp³-hybridized carbons (Fsp3) is 0.308. The summed E-state index contributed by atoms with van der Waals surface area (Å²) in [5, 5.41) is 4.45. The van der Waals surface area contributed by atoms with Crippen molar-refractivity contribution in [3.63, 3.8) is 0 Å². The van der Waals surface area contributed by atoms with Crippen molar-refractivity contribution in [2.45, 2.75) is 26.3 Å². The number of anilines is 1. The molecule has 0 radical (unpaired) electrons. The molecule has 2 N–H and O–H groups in total. The van der Waals surface area contributed by atoms with Crippen LogP contribution in [0.5, 0.6) is 0 Å². The predicted molar refractivity (Wildman–Crippen MR) is 66.2 cm³/mol. The maximum atomic E-state index is 5.96. The van der Waals surface area contributed by atoms with Gasteiger partial charge in [0.15, 0.2) is 0 Å². The number of nitrogens with two attached hydrogens (primary N) is 1. The number of aryl methyl sites for hydroxylation is 1. The minimum atomic E-state index is 0.231. The summed E-state index contributed by atoms with van der Waals surface area (Å²) in [6.07, 6.45) is 0.981. The first-order valence-electron chi connectivity index (χ1n) is 5.59. The van der Waals surface area contributed by atoms with Crippen molar-refractivity contribution in [1.29, 1.82) is 0 Å². The second-order valence-corrected chi connectivity index (χ2v) is 3.99. The van der Waals surface area contributed by atoms with Gasteiger partial charge in [0.25, 0.3) is 0 Å². The molecule has 0 aliphatic carbocycles. The molecule has 0 amide bonds. The summed E-state index contributed by atoms with van der Waals surface area (Å²) in [6, 6.07) is 12.5. The van der Waals surface area contributed by atoms with Gasteiger partial charge in [0, 0.05) is 6.07 Å². The van der Waals surface area contributed by atoms with E-state index in [2.05, 4.69) is 24.2 Å². The quantitative estimate of drug-likeness (QED) is 0.855. The van der Waals surface area contributed by atoms with E-state index in [-0.39, 0.29) is 6.04 Å². The molecule has 0 aliphatic heterocycles. The van der Waals surface area contributed by atoms with E-state index in [1.54, 1.807) is 0 Å². The molecule has 2 rings (SSSR count). The Bertz CT molecular complexity index is 459. The van der Waals surface area contributed by atoms with Crippen LogP contribution in [0, 0.1) is 6.92 Å². The van der Waals surface area contributed by atoms with Gasteiger partial charge in [-0.15, -0.1) is 0 Å². The summed E-state index contributed by atoms with van der Waals surface area (Å²) in [4.78, 5) is 0. The molecular formula is C13H17N3. The summed E-state index contributed by atoms with van der Waals surface area (Å²) >= 11 is 0. The van der Waals surface area contributed by atoms with Crippen LogP contribution in [0.2, 0.25) is 0 Å². The van der Waals surface area contributed by atoms with Crippen LogP contribution in [-0.2, 0) is 0 Å². The molecule has 0 saturated carbocycles. The van der Waals surface area contributed by atoms with Gasteiger partial charge in [-0.05, 0) is 18.9 Å². The van der Waals surface area contributed by atoms with E-state index in [9.17, 15) is 0 Å². The molecule has 2 aromatic rings. The fourth-order valence-corrected chi connectivity index (χ4v) is 2.01. The number of nitrogen functional groups attached to an aromatic ring is 1. The second kappa shape index (κ2) is 4.39. The van der Waals surface area contributed by atoms with Gasteiger partial charge in [-0.25, -0.2) is 4.68 Å². The van der Waals surface area contributed by atoms with E-state index in [0.29, 0.717) is 0 Å². The molecule has 1 aromatic carbocycles. The number of hydrogen-bond donors (Lipinski definition) is 1. The Labute approximate surface area is 95.9 Å². The molecule has 3 nitrogen and oxygen atoms in total. The Kier molecular flexibility index (Phi) is 2.95. The molecule has 1 atom stereocenters. The van der Waals surface area contributed by atoms with Crippen molar-refractivity contribution >= 4 is 5.82 Å². The van der Waals surface area contributed by atoms with Gasteiger partial charge < -0.3 is 5.73 Å². The summed E-state index contributed by atoms with van der Waals surface area (Å²) in [7, 11) is 0. The molecule has 1 unspecified atom stereocenters. The first-order valence-corrected chi connectivity index (χ1v) is 5.59. The molecule has 0 aliphatic rings. The molecular weight excluding hydrogens is 198 g/mol. The summed E-state index contributed by atoms with van der Waals surface area (Å²) in [5.74, 6) is 0.730. The highest BCUT2D eigenvalue weighted by Gasteiger charge is 2.14. The molecule has 0 bridgehead atoms. The first-order chi connectivity index (χ1) is 7.72. The Morgan fingerprint density at radius 2 is 2.00 bits per heavy atom. The lowest BCUT2D eigenvalue weighted by Gasteiger charge is -2.17. The van der Waals surface area contributed by atoms with Crippen LogP contribution in [0.15, 0.2) is 36.4 Å². The maximum absolute atomic E-state index is 5.96. The molecule has 0 fully saturated rings. The molecule has 1 heterocycles. The SMILES string of the molecule is CCC(c1ccccc1)n1nc(C)cc1N. The van der Waals surface area contributed by atoms with Crippen molar-refractivity contribution in [2.75, 3.05) is 5.73 Å². The van der Waals surface area contributed by atoms with Crippen LogP contribution < -0.4 is 5.73 Å². The highest BCUT2D eigenvalue weighted by molar-refractivity contribution is 5.33. The zero-order valence-electron chi connectivity index (χ0n) is 9.72. The minimum absolute atomic E-state index is 0.231. The third kappa shape index (κ3) is 1.94. The lowest BCUT2D eigenvalue weighted by molar-refractivity contribution is 0.513. The van der Waals surface area contributed by atoms with Gasteiger partial charge in [-0.2, -0.15) is 5.10 Å². The zero-order chi connectivity index (χ0) is 11.5. The third-order valence-electron chi connectivity index (χ3n) is 2.75. The molecule has 3 heteroatoms. The van der Waals surface area contributed by atoms with E-state index in [1.165, 1.54) is 5.56 Å². The predicted octanol–water partition coefficient (Wildman–Crippen LogP) is 2.77. The van der Waals surface area contributed by atoms with E-state index in [0.717, 1.165) is 17.9 Å². The number of rotatable bonds is 3. The Balaban J connectivity index is 2.40. The summed E-state index contributed by atoms with van der Waals surface area (Å²) in [6.45, 7) is 4.11. The average Bonchev–Trinajstić information content (AvgIpc) is 2.61. The number of hydrogen-bond acceptors (Lipinski definition) is 2. The monoisotopic (exact) mass is 215 g/mol. The normalized spacial score (nSPS) is 12.6. The van der Waals surface area contributed by atoms with Gasteiger partial charge in [0.2, 0.25) is 0 Å². The van der Waals surface area contributed by atoms with Crippen LogP contribution in [0.3, 0.4) is 0 Å². The molecule has 0 spiro atoms. The van der Waals surface area contributed by atoms with Crippen LogP contribution in [0.1, 0.15) is 30.6 Å². The van der Waals surface area contributed by atoms with E-state index in [1.807, 2.05) is 35.9 Å². The van der Waals surface area contributed by atoms with Gasteiger partial charge in [0.05, 0.1) is 11.7 Å². The number of nitrogens with zero attached hydrogens (tertiary/aromatic N) is 2. The summed E-state index contributed by atoms with van der Waals surface area (Å²) < 4.78 is 1.91. The van der Waals surface area contributed by atoms with Crippen molar-refractivity contribution < 1.29 is 0 Å². The average molecular weight is 215 g/mol. The fourth-order valence-electron chi connectivity index (χ4n) is 2.01. The topological polar surface area (TPSA) is 43.8 Å². The molecule has 84 valence electrons. The van der Waals surface area contributed by atoms with Crippen LogP contribution in [0.25, 0.3) is 0 Å². The highest BCUT2D eigenvalue weighted by Crippen LogP contribution is 2.24. The molecule has 1 aromatic heterocycles. The minimum Gasteiger partial charge on any atom is -0.384 e. The third-order valence-corrected chi connectivity index (χ3v) is 2.75. The van der Waals surface area contributed by atoms with Crippen molar-refractivity contribution in [3.05, 3.63) is 47.7 Å². The van der Waals surface area contributed by atoms with Crippen molar-refractivity contribution in [1.82, 2.24) is 9.78 Å².